The van der Waals surface area contributed by atoms with Gasteiger partial charge < -0.3 is 9.42 Å². The molecule has 4 aromatic rings. The largest absolute Gasteiger partial charge is 0.338 e. The molecule has 1 saturated heterocycles. The number of hydrogen-bond donors (Lipinski definition) is 0. The molecule has 0 bridgehead atoms. The maximum absolute atomic E-state index is 13.2. The first kappa shape index (κ1) is 20.4. The van der Waals surface area contributed by atoms with E-state index < -0.39 is 0 Å². The third kappa shape index (κ3) is 3.79. The Morgan fingerprint density at radius 2 is 1.94 bits per heavy atom. The Bertz CT molecular complexity index is 1240. The number of benzene rings is 2. The van der Waals surface area contributed by atoms with Crippen LogP contribution in [-0.2, 0) is 11.3 Å². The van der Waals surface area contributed by atoms with Crippen molar-refractivity contribution in [2.75, 3.05) is 6.54 Å². The van der Waals surface area contributed by atoms with Crippen molar-refractivity contribution in [3.63, 3.8) is 0 Å². The summed E-state index contributed by atoms with van der Waals surface area (Å²) in [5.41, 5.74) is 3.55. The molecule has 0 saturated carbocycles. The van der Waals surface area contributed by atoms with Gasteiger partial charge in [0.05, 0.1) is 5.52 Å². The van der Waals surface area contributed by atoms with Crippen LogP contribution in [0.4, 0.5) is 0 Å². The molecule has 7 nitrogen and oxygen atoms in total. The van der Waals surface area contributed by atoms with Crippen LogP contribution in [0.1, 0.15) is 38.2 Å². The van der Waals surface area contributed by atoms with Gasteiger partial charge in [-0.05, 0) is 38.7 Å². The fourth-order valence-corrected chi connectivity index (χ4v) is 4.52. The van der Waals surface area contributed by atoms with E-state index in [-0.39, 0.29) is 12.5 Å². The Morgan fingerprint density at radius 1 is 1.12 bits per heavy atom. The molecule has 0 radical (unpaired) electrons. The number of nitrogens with zero attached hydrogens (tertiary/aromatic N) is 5. The Kier molecular flexibility index (Phi) is 5.47. The molecular formula is C25H27N5O2. The molecular weight excluding hydrogens is 402 g/mol. The first-order valence-electron chi connectivity index (χ1n) is 11.3. The molecule has 1 fully saturated rings. The monoisotopic (exact) mass is 429 g/mol. The summed E-state index contributed by atoms with van der Waals surface area (Å²) in [7, 11) is 0. The minimum absolute atomic E-state index is 0.113. The second-order valence-electron chi connectivity index (χ2n) is 8.46. The van der Waals surface area contributed by atoms with E-state index in [2.05, 4.69) is 17.1 Å². The molecule has 0 N–H and O–H groups in total. The molecule has 0 aliphatic carbocycles. The van der Waals surface area contributed by atoms with Crippen LogP contribution in [0.2, 0.25) is 0 Å². The summed E-state index contributed by atoms with van der Waals surface area (Å²) in [5, 5.41) is 9.79. The number of amides is 1. The predicted molar refractivity (Wildman–Crippen MR) is 123 cm³/mol. The Hall–Kier alpha value is -3.48. The number of carbonyl (C=O) groups excluding carboxylic acids is 1. The molecule has 3 heterocycles. The molecule has 2 aromatic heterocycles. The van der Waals surface area contributed by atoms with E-state index >= 15 is 0 Å². The molecule has 5 rings (SSSR count). The van der Waals surface area contributed by atoms with Crippen LogP contribution in [0, 0.1) is 6.92 Å². The normalized spacial score (nSPS) is 16.6. The quantitative estimate of drug-likeness (QED) is 0.453. The van der Waals surface area contributed by atoms with Crippen LogP contribution in [0.25, 0.3) is 33.9 Å². The molecule has 1 amide bonds. The summed E-state index contributed by atoms with van der Waals surface area (Å²) < 4.78 is 7.35. The van der Waals surface area contributed by atoms with Gasteiger partial charge in [0.15, 0.2) is 5.69 Å². The lowest BCUT2D eigenvalue weighted by Crippen LogP contribution is -2.44. The van der Waals surface area contributed by atoms with Crippen LogP contribution in [-0.4, -0.2) is 43.3 Å². The topological polar surface area (TPSA) is 77.1 Å². The van der Waals surface area contributed by atoms with Crippen molar-refractivity contribution in [1.82, 2.24) is 24.8 Å². The Labute approximate surface area is 187 Å². The summed E-state index contributed by atoms with van der Waals surface area (Å²) in [6, 6.07) is 16.2. The zero-order valence-corrected chi connectivity index (χ0v) is 18.5. The maximum Gasteiger partial charge on any atom is 0.279 e. The van der Waals surface area contributed by atoms with Crippen molar-refractivity contribution in [3.05, 3.63) is 54.1 Å². The van der Waals surface area contributed by atoms with Gasteiger partial charge in [0, 0.05) is 23.5 Å². The molecule has 32 heavy (non-hydrogen) atoms. The second-order valence-corrected chi connectivity index (χ2v) is 8.46. The van der Waals surface area contributed by atoms with Crippen molar-refractivity contribution in [2.45, 2.75) is 52.1 Å². The van der Waals surface area contributed by atoms with Crippen LogP contribution in [0.15, 0.2) is 53.1 Å². The van der Waals surface area contributed by atoms with Crippen molar-refractivity contribution in [2.24, 2.45) is 0 Å². The summed E-state index contributed by atoms with van der Waals surface area (Å²) in [6.45, 7) is 5.22. The van der Waals surface area contributed by atoms with E-state index in [1.54, 1.807) is 4.68 Å². The van der Waals surface area contributed by atoms with Crippen molar-refractivity contribution in [1.29, 1.82) is 0 Å². The summed E-state index contributed by atoms with van der Waals surface area (Å²) in [5.74, 6) is 0.989. The highest BCUT2D eigenvalue weighted by molar-refractivity contribution is 5.92. The van der Waals surface area contributed by atoms with E-state index in [1.165, 1.54) is 12.0 Å². The zero-order valence-electron chi connectivity index (χ0n) is 18.5. The highest BCUT2D eigenvalue weighted by Crippen LogP contribution is 2.29. The second kappa shape index (κ2) is 8.57. The molecule has 2 aromatic carbocycles. The molecule has 1 aliphatic heterocycles. The highest BCUT2D eigenvalue weighted by Gasteiger charge is 2.27. The first-order valence-corrected chi connectivity index (χ1v) is 11.3. The summed E-state index contributed by atoms with van der Waals surface area (Å²) in [6.07, 6.45) is 4.33. The lowest BCUT2D eigenvalue weighted by atomic mass is 10.00. The number of aromatic nitrogens is 4. The lowest BCUT2D eigenvalue weighted by molar-refractivity contribution is -0.135. The third-order valence-corrected chi connectivity index (χ3v) is 6.30. The van der Waals surface area contributed by atoms with Gasteiger partial charge in [-0.15, -0.1) is 0 Å². The number of piperidine rings is 1. The summed E-state index contributed by atoms with van der Waals surface area (Å²) in [4.78, 5) is 19.8. The fourth-order valence-electron chi connectivity index (χ4n) is 4.52. The van der Waals surface area contributed by atoms with Crippen molar-refractivity contribution < 1.29 is 9.32 Å². The van der Waals surface area contributed by atoms with E-state index in [0.29, 0.717) is 23.5 Å². The van der Waals surface area contributed by atoms with Crippen LogP contribution >= 0.6 is 0 Å². The number of aryl methyl sites for hydroxylation is 1. The minimum Gasteiger partial charge on any atom is -0.338 e. The molecule has 1 unspecified atom stereocenters. The third-order valence-electron chi connectivity index (χ3n) is 6.30. The minimum atomic E-state index is 0.113. The average molecular weight is 430 g/mol. The van der Waals surface area contributed by atoms with Gasteiger partial charge in [-0.3, -0.25) is 9.48 Å². The fraction of sp³-hybridized carbons (Fsp3) is 0.360. The zero-order chi connectivity index (χ0) is 22.1. The van der Waals surface area contributed by atoms with Crippen LogP contribution < -0.4 is 0 Å². The number of fused-ring (bicyclic) bond motifs is 1. The summed E-state index contributed by atoms with van der Waals surface area (Å²) >= 11 is 0. The molecule has 1 aliphatic rings. The van der Waals surface area contributed by atoms with E-state index in [9.17, 15) is 4.79 Å². The standard InChI is InChI=1S/C25H27N5O2/c1-3-19-8-6-7-15-29(19)22(31)16-30-21-10-5-4-9-20(21)23(27-30)25-26-24(28-32-25)18-13-11-17(2)12-14-18/h4-5,9-14,19H,3,6-8,15-16H2,1-2H3. The van der Waals surface area contributed by atoms with Crippen LogP contribution in [0.5, 0.6) is 0 Å². The highest BCUT2D eigenvalue weighted by atomic mass is 16.5. The average Bonchev–Trinajstić information content (AvgIpc) is 3.45. The Balaban J connectivity index is 1.47. The van der Waals surface area contributed by atoms with Gasteiger partial charge in [-0.25, -0.2) is 0 Å². The molecule has 0 spiro atoms. The van der Waals surface area contributed by atoms with Crippen molar-refractivity contribution in [3.8, 4) is 23.0 Å². The first-order chi connectivity index (χ1) is 15.6. The van der Waals surface area contributed by atoms with Gasteiger partial charge in [-0.2, -0.15) is 10.1 Å². The van der Waals surface area contributed by atoms with Gasteiger partial charge in [-0.1, -0.05) is 60.1 Å². The predicted octanol–water partition coefficient (Wildman–Crippen LogP) is 4.85. The van der Waals surface area contributed by atoms with E-state index in [0.717, 1.165) is 42.3 Å². The Morgan fingerprint density at radius 3 is 2.75 bits per heavy atom. The number of likely N-dealkylation sites (tertiary alicyclic amines) is 1. The van der Waals surface area contributed by atoms with E-state index in [1.807, 2.05) is 60.4 Å². The number of para-hydroxylation sites is 1. The number of hydrogen-bond acceptors (Lipinski definition) is 5. The van der Waals surface area contributed by atoms with Gasteiger partial charge in [0.2, 0.25) is 11.7 Å². The number of rotatable bonds is 5. The van der Waals surface area contributed by atoms with Gasteiger partial charge >= 0.3 is 0 Å². The molecule has 7 heteroatoms. The van der Waals surface area contributed by atoms with Crippen molar-refractivity contribution >= 4 is 16.8 Å². The van der Waals surface area contributed by atoms with Gasteiger partial charge in [0.25, 0.3) is 5.89 Å². The van der Waals surface area contributed by atoms with Gasteiger partial charge in [0.1, 0.15) is 6.54 Å². The van der Waals surface area contributed by atoms with Crippen LogP contribution in [0.3, 0.4) is 0 Å². The maximum atomic E-state index is 13.2. The molecule has 164 valence electrons. The SMILES string of the molecule is CCC1CCCCN1C(=O)Cn1nc(-c2nc(-c3ccc(C)cc3)no2)c2ccccc21. The molecule has 1 atom stereocenters. The lowest BCUT2D eigenvalue weighted by Gasteiger charge is -2.35. The number of carbonyl (C=O) groups is 1. The smallest absolute Gasteiger partial charge is 0.279 e. The van der Waals surface area contributed by atoms with E-state index in [4.69, 9.17) is 9.62 Å².